The molecule has 5 rings (SSSR count). The fourth-order valence-corrected chi connectivity index (χ4v) is 4.45. The van der Waals surface area contributed by atoms with Crippen LogP contribution in [0.5, 0.6) is 0 Å². The molecule has 0 aliphatic carbocycles. The minimum atomic E-state index is -2.20. The topological polar surface area (TPSA) is 87.9 Å². The van der Waals surface area contributed by atoms with Gasteiger partial charge in [0.1, 0.15) is 5.82 Å². The predicted molar refractivity (Wildman–Crippen MR) is 133 cm³/mol. The molecule has 0 saturated carbocycles. The van der Waals surface area contributed by atoms with E-state index < -0.39 is 16.9 Å². The number of rotatable bonds is 6. The molecule has 6 nitrogen and oxygen atoms in total. The molecule has 0 amide bonds. The summed E-state index contributed by atoms with van der Waals surface area (Å²) in [5.41, 5.74) is 4.01. The Morgan fingerprint density at radius 1 is 0.886 bits per heavy atom. The highest BCUT2D eigenvalue weighted by atomic mass is 32.2. The van der Waals surface area contributed by atoms with E-state index in [2.05, 4.69) is 10.1 Å². The van der Waals surface area contributed by atoms with Crippen molar-refractivity contribution in [3.05, 3.63) is 119 Å². The summed E-state index contributed by atoms with van der Waals surface area (Å²) >= 11 is -2.20. The van der Waals surface area contributed by atoms with Crippen LogP contribution in [0.3, 0.4) is 0 Å². The van der Waals surface area contributed by atoms with E-state index in [1.54, 1.807) is 42.6 Å². The first-order valence-corrected chi connectivity index (χ1v) is 12.1. The molecule has 0 radical (unpaired) electrons. The van der Waals surface area contributed by atoms with Crippen molar-refractivity contribution in [3.63, 3.8) is 0 Å². The highest BCUT2D eigenvalue weighted by Crippen LogP contribution is 2.29. The van der Waals surface area contributed by atoms with Gasteiger partial charge >= 0.3 is 0 Å². The maximum absolute atomic E-state index is 13.6. The highest BCUT2D eigenvalue weighted by Gasteiger charge is 2.16. The fraction of sp³-hybridized carbons (Fsp3) is 0.0741. The van der Waals surface area contributed by atoms with Crippen LogP contribution in [0.2, 0.25) is 0 Å². The first kappa shape index (κ1) is 22.8. The Bertz CT molecular complexity index is 1600. The van der Waals surface area contributed by atoms with Crippen molar-refractivity contribution >= 4 is 22.0 Å². The van der Waals surface area contributed by atoms with E-state index in [1.807, 2.05) is 36.4 Å². The van der Waals surface area contributed by atoms with Crippen molar-refractivity contribution < 1.29 is 13.2 Å². The first-order valence-electron chi connectivity index (χ1n) is 10.8. The number of halogens is 1. The lowest BCUT2D eigenvalue weighted by atomic mass is 9.96. The largest absolute Gasteiger partial charge is 0.772 e. The Hall–Kier alpha value is -4.01. The van der Waals surface area contributed by atoms with Gasteiger partial charge < -0.3 is 4.55 Å². The van der Waals surface area contributed by atoms with Gasteiger partial charge in [0.05, 0.1) is 29.5 Å². The van der Waals surface area contributed by atoms with Gasteiger partial charge in [0.2, 0.25) is 0 Å². The van der Waals surface area contributed by atoms with Crippen LogP contribution in [0, 0.1) is 5.82 Å². The van der Waals surface area contributed by atoms with E-state index in [0.29, 0.717) is 33.5 Å². The zero-order chi connectivity index (χ0) is 24.4. The molecule has 1 atom stereocenters. The van der Waals surface area contributed by atoms with Crippen LogP contribution in [-0.2, 0) is 23.4 Å². The van der Waals surface area contributed by atoms with Crippen LogP contribution in [0.25, 0.3) is 33.2 Å². The van der Waals surface area contributed by atoms with Crippen molar-refractivity contribution in [1.82, 2.24) is 14.8 Å². The second kappa shape index (κ2) is 9.69. The third-order valence-corrected chi connectivity index (χ3v) is 6.26. The van der Waals surface area contributed by atoms with Gasteiger partial charge in [-0.1, -0.05) is 71.7 Å². The number of benzene rings is 3. The predicted octanol–water partition coefficient (Wildman–Crippen LogP) is 4.69. The maximum Gasteiger partial charge on any atom is 0.275 e. The van der Waals surface area contributed by atoms with Crippen molar-refractivity contribution in [3.8, 4) is 22.3 Å². The van der Waals surface area contributed by atoms with Crippen molar-refractivity contribution in [2.75, 3.05) is 0 Å². The smallest absolute Gasteiger partial charge is 0.275 e. The summed E-state index contributed by atoms with van der Waals surface area (Å²) < 4.78 is 37.0. The Labute approximate surface area is 203 Å². The molecule has 0 saturated heterocycles. The van der Waals surface area contributed by atoms with Gasteiger partial charge in [-0.2, -0.15) is 5.10 Å². The third-order valence-electron chi connectivity index (χ3n) is 5.69. The molecule has 2 aromatic heterocycles. The number of hydrogen-bond acceptors (Lipinski definition) is 5. The number of fused-ring (bicyclic) bond motifs is 1. The number of aromatic nitrogens is 3. The molecule has 0 N–H and O–H groups in total. The molecular weight excluding hydrogens is 465 g/mol. The molecule has 0 aliphatic rings. The lowest BCUT2D eigenvalue weighted by Crippen LogP contribution is -2.26. The Morgan fingerprint density at radius 3 is 2.34 bits per heavy atom. The Kier molecular flexibility index (Phi) is 6.31. The van der Waals surface area contributed by atoms with Crippen LogP contribution in [0.1, 0.15) is 11.3 Å². The van der Waals surface area contributed by atoms with E-state index in [1.165, 1.54) is 16.8 Å². The summed E-state index contributed by atoms with van der Waals surface area (Å²) in [5, 5.41) is 5.40. The zero-order valence-corrected chi connectivity index (χ0v) is 19.2. The average molecular weight is 485 g/mol. The van der Waals surface area contributed by atoms with Gasteiger partial charge in [-0.05, 0) is 41.0 Å². The molecule has 0 bridgehead atoms. The first-order chi connectivity index (χ1) is 17.0. The second-order valence-electron chi connectivity index (χ2n) is 8.04. The molecular formula is C27H19FN3O3S-. The lowest BCUT2D eigenvalue weighted by molar-refractivity contribution is 0.536. The standard InChI is InChI=1S/C27H20FN3O3S/c28-22-12-9-21(10-13-22)26-24(19-7-5-18(6-8-19)17-35(33)34)15-29-31(27(26)32)16-23-14-11-20-3-1-2-4-25(20)30-23/h1-15H,16-17H2,(H,33,34)/p-1. The van der Waals surface area contributed by atoms with Crippen LogP contribution in [-0.4, -0.2) is 23.5 Å². The summed E-state index contributed by atoms with van der Waals surface area (Å²) in [6.07, 6.45) is 1.60. The Morgan fingerprint density at radius 2 is 1.60 bits per heavy atom. The van der Waals surface area contributed by atoms with E-state index >= 15 is 0 Å². The quantitative estimate of drug-likeness (QED) is 0.326. The molecule has 0 spiro atoms. The van der Waals surface area contributed by atoms with E-state index in [4.69, 9.17) is 0 Å². The van der Waals surface area contributed by atoms with Gasteiger partial charge in [-0.25, -0.2) is 9.07 Å². The number of para-hydroxylation sites is 1. The van der Waals surface area contributed by atoms with Gasteiger partial charge in [-0.3, -0.25) is 14.0 Å². The minimum Gasteiger partial charge on any atom is -0.772 e. The van der Waals surface area contributed by atoms with E-state index in [-0.39, 0.29) is 17.9 Å². The molecule has 2 heterocycles. The highest BCUT2D eigenvalue weighted by molar-refractivity contribution is 7.78. The van der Waals surface area contributed by atoms with E-state index in [0.717, 1.165) is 10.9 Å². The van der Waals surface area contributed by atoms with Crippen molar-refractivity contribution in [2.45, 2.75) is 12.3 Å². The van der Waals surface area contributed by atoms with Crippen LogP contribution in [0.15, 0.2) is 95.9 Å². The van der Waals surface area contributed by atoms with Crippen LogP contribution < -0.4 is 5.56 Å². The molecule has 3 aromatic carbocycles. The summed E-state index contributed by atoms with van der Waals surface area (Å²) in [5.74, 6) is -0.496. The van der Waals surface area contributed by atoms with Crippen molar-refractivity contribution in [1.29, 1.82) is 0 Å². The SMILES string of the molecule is O=c1c(-c2ccc(F)cc2)c(-c2ccc(CS(=O)[O-])cc2)cnn1Cc1ccc2ccccc2n1. The summed E-state index contributed by atoms with van der Waals surface area (Å²) in [6.45, 7) is 0.173. The summed E-state index contributed by atoms with van der Waals surface area (Å²) in [4.78, 5) is 18.3. The van der Waals surface area contributed by atoms with Crippen LogP contribution in [0.4, 0.5) is 4.39 Å². The van der Waals surface area contributed by atoms with Crippen molar-refractivity contribution in [2.24, 2.45) is 0 Å². The summed E-state index contributed by atoms with van der Waals surface area (Å²) in [6, 6.07) is 24.2. The number of nitrogens with zero attached hydrogens (tertiary/aromatic N) is 3. The zero-order valence-electron chi connectivity index (χ0n) is 18.4. The molecule has 8 heteroatoms. The van der Waals surface area contributed by atoms with Gasteiger partial charge in [0.15, 0.2) is 0 Å². The maximum atomic E-state index is 13.6. The minimum absolute atomic E-state index is 0.0935. The van der Waals surface area contributed by atoms with Gasteiger partial charge in [-0.15, -0.1) is 0 Å². The third kappa shape index (κ3) is 4.94. The summed E-state index contributed by atoms with van der Waals surface area (Å²) in [7, 11) is 0. The van der Waals surface area contributed by atoms with Gasteiger partial charge in [0, 0.05) is 16.7 Å². The molecule has 174 valence electrons. The molecule has 35 heavy (non-hydrogen) atoms. The second-order valence-corrected chi connectivity index (χ2v) is 8.94. The molecule has 0 fully saturated rings. The monoisotopic (exact) mass is 484 g/mol. The normalized spacial score (nSPS) is 12.1. The molecule has 5 aromatic rings. The average Bonchev–Trinajstić information content (AvgIpc) is 2.86. The number of hydrogen-bond donors (Lipinski definition) is 0. The fourth-order valence-electron chi connectivity index (χ4n) is 3.98. The lowest BCUT2D eigenvalue weighted by Gasteiger charge is -2.13. The van der Waals surface area contributed by atoms with E-state index in [9.17, 15) is 17.9 Å². The van der Waals surface area contributed by atoms with Gasteiger partial charge in [0.25, 0.3) is 5.56 Å². The van der Waals surface area contributed by atoms with Crippen LogP contribution >= 0.6 is 0 Å². The Balaban J connectivity index is 1.59. The molecule has 0 aliphatic heterocycles. The number of pyridine rings is 1. The molecule has 1 unspecified atom stereocenters.